The Labute approximate surface area is 94.0 Å². The monoisotopic (exact) mass is 209 g/mol. The molecule has 0 aliphatic heterocycles. The average Bonchev–Trinajstić information content (AvgIpc) is 2.32. The lowest BCUT2D eigenvalue weighted by atomic mass is 9.96. The molecule has 2 rings (SSSR count). The second-order valence-electron chi connectivity index (χ2n) is 4.89. The summed E-state index contributed by atoms with van der Waals surface area (Å²) in [5.74, 6) is 0. The van der Waals surface area contributed by atoms with Crippen LogP contribution in [0.4, 0.5) is 0 Å². The molecule has 0 amide bonds. The van der Waals surface area contributed by atoms with Crippen molar-refractivity contribution in [1.82, 2.24) is 0 Å². The summed E-state index contributed by atoms with van der Waals surface area (Å²) in [6.45, 7) is 0. The summed E-state index contributed by atoms with van der Waals surface area (Å²) < 4.78 is 11.3. The van der Waals surface area contributed by atoms with Gasteiger partial charge in [-0.3, -0.25) is 0 Å². The third kappa shape index (κ3) is 4.16. The van der Waals surface area contributed by atoms with E-state index in [1.807, 2.05) is 0 Å². The van der Waals surface area contributed by atoms with Gasteiger partial charge in [-0.1, -0.05) is 38.5 Å². The molecule has 0 bridgehead atoms. The molecule has 0 aromatic rings. The quantitative estimate of drug-likeness (QED) is 0.662. The van der Waals surface area contributed by atoms with Crippen LogP contribution in [0.15, 0.2) is 0 Å². The average molecular weight is 209 g/mol. The van der Waals surface area contributed by atoms with Gasteiger partial charge in [0.15, 0.2) is 0 Å². The van der Waals surface area contributed by atoms with Gasteiger partial charge in [0.25, 0.3) is 0 Å². The second-order valence-corrected chi connectivity index (χ2v) is 4.89. The Hall–Kier alpha value is -0.0151. The lowest BCUT2D eigenvalue weighted by molar-refractivity contribution is 0.0825. The molecule has 0 spiro atoms. The highest BCUT2D eigenvalue weighted by molar-refractivity contribution is 6.18. The fourth-order valence-electron chi connectivity index (χ4n) is 2.59. The van der Waals surface area contributed by atoms with Gasteiger partial charge in [-0.2, -0.15) is 0 Å². The van der Waals surface area contributed by atoms with E-state index < -0.39 is 0 Å². The van der Waals surface area contributed by atoms with E-state index in [4.69, 9.17) is 9.31 Å². The third-order valence-electron chi connectivity index (χ3n) is 3.60. The Morgan fingerprint density at radius 2 is 1.00 bits per heavy atom. The van der Waals surface area contributed by atoms with Gasteiger partial charge in [-0.25, -0.2) is 0 Å². The van der Waals surface area contributed by atoms with Crippen LogP contribution < -0.4 is 0 Å². The highest BCUT2D eigenvalue weighted by Crippen LogP contribution is 2.22. The molecular weight excluding hydrogens is 187 g/mol. The van der Waals surface area contributed by atoms with Crippen LogP contribution in [0.1, 0.15) is 64.2 Å². The summed E-state index contributed by atoms with van der Waals surface area (Å²) in [5, 5.41) is 0. The number of hydrogen-bond donors (Lipinski definition) is 0. The van der Waals surface area contributed by atoms with Gasteiger partial charge < -0.3 is 9.31 Å². The van der Waals surface area contributed by atoms with E-state index in [0.717, 1.165) is 0 Å². The van der Waals surface area contributed by atoms with Crippen LogP contribution in [-0.2, 0) is 9.31 Å². The van der Waals surface area contributed by atoms with E-state index in [1.54, 1.807) is 7.69 Å². The fourth-order valence-corrected chi connectivity index (χ4v) is 2.59. The Morgan fingerprint density at radius 3 is 1.40 bits per heavy atom. The highest BCUT2D eigenvalue weighted by Gasteiger charge is 2.18. The van der Waals surface area contributed by atoms with Crippen LogP contribution >= 0.6 is 0 Å². The molecule has 15 heavy (non-hydrogen) atoms. The standard InChI is InChI=1S/C12H22BO2/c1-3-7-11(8-4-1)14-13-15-12-9-5-2-6-10-12/h11-12H,1-10H2. The summed E-state index contributed by atoms with van der Waals surface area (Å²) in [6, 6.07) is 0. The van der Waals surface area contributed by atoms with Gasteiger partial charge in [0.1, 0.15) is 0 Å². The minimum Gasteiger partial charge on any atom is -0.410 e. The summed E-state index contributed by atoms with van der Waals surface area (Å²) in [5.41, 5.74) is 0. The Bertz CT molecular complexity index is 145. The molecule has 0 saturated heterocycles. The van der Waals surface area contributed by atoms with Gasteiger partial charge in [-0.15, -0.1) is 0 Å². The van der Waals surface area contributed by atoms with Crippen LogP contribution in [0.3, 0.4) is 0 Å². The molecule has 2 aliphatic carbocycles. The van der Waals surface area contributed by atoms with Crippen molar-refractivity contribution in [2.24, 2.45) is 0 Å². The van der Waals surface area contributed by atoms with Crippen LogP contribution in [0.2, 0.25) is 0 Å². The molecule has 85 valence electrons. The molecule has 0 N–H and O–H groups in total. The van der Waals surface area contributed by atoms with Crippen molar-refractivity contribution in [2.45, 2.75) is 76.4 Å². The summed E-state index contributed by atoms with van der Waals surface area (Å²) in [7, 11) is 1.63. The molecule has 3 heteroatoms. The van der Waals surface area contributed by atoms with Crippen LogP contribution in [0, 0.1) is 0 Å². The Morgan fingerprint density at radius 1 is 0.600 bits per heavy atom. The third-order valence-corrected chi connectivity index (χ3v) is 3.60. The normalized spacial score (nSPS) is 25.3. The lowest BCUT2D eigenvalue weighted by Gasteiger charge is -2.25. The van der Waals surface area contributed by atoms with Crippen molar-refractivity contribution < 1.29 is 9.31 Å². The minimum atomic E-state index is 0.433. The van der Waals surface area contributed by atoms with Crippen LogP contribution in [0.25, 0.3) is 0 Å². The second kappa shape index (κ2) is 6.54. The largest absolute Gasteiger partial charge is 0.488 e. The van der Waals surface area contributed by atoms with E-state index in [-0.39, 0.29) is 0 Å². The molecule has 2 fully saturated rings. The van der Waals surface area contributed by atoms with Crippen LogP contribution in [0.5, 0.6) is 0 Å². The van der Waals surface area contributed by atoms with Crippen molar-refractivity contribution in [3.8, 4) is 0 Å². The summed E-state index contributed by atoms with van der Waals surface area (Å²) >= 11 is 0. The Kier molecular flexibility index (Phi) is 5.00. The molecule has 2 nitrogen and oxygen atoms in total. The zero-order valence-electron chi connectivity index (χ0n) is 9.62. The SMILES string of the molecule is [B](OC1CCCCC1)OC1CCCCC1. The van der Waals surface area contributed by atoms with Crippen molar-refractivity contribution in [3.63, 3.8) is 0 Å². The van der Waals surface area contributed by atoms with E-state index in [0.29, 0.717) is 12.2 Å². The predicted molar refractivity (Wildman–Crippen MR) is 61.7 cm³/mol. The smallest absolute Gasteiger partial charge is 0.410 e. The first kappa shape index (κ1) is 11.5. The van der Waals surface area contributed by atoms with E-state index in [9.17, 15) is 0 Å². The molecule has 0 heterocycles. The maximum Gasteiger partial charge on any atom is 0.488 e. The first-order valence-corrected chi connectivity index (χ1v) is 6.58. The predicted octanol–water partition coefficient (Wildman–Crippen LogP) is 3.22. The van der Waals surface area contributed by atoms with E-state index in [1.165, 1.54) is 64.2 Å². The van der Waals surface area contributed by atoms with Gasteiger partial charge in [-0.05, 0) is 25.7 Å². The van der Waals surface area contributed by atoms with Gasteiger partial charge in [0.05, 0.1) is 0 Å². The summed E-state index contributed by atoms with van der Waals surface area (Å²) in [4.78, 5) is 0. The van der Waals surface area contributed by atoms with E-state index >= 15 is 0 Å². The molecule has 1 radical (unpaired) electrons. The van der Waals surface area contributed by atoms with Crippen molar-refractivity contribution in [1.29, 1.82) is 0 Å². The molecule has 0 atom stereocenters. The van der Waals surface area contributed by atoms with Crippen LogP contribution in [-0.4, -0.2) is 19.9 Å². The maximum absolute atomic E-state index is 5.64. The fraction of sp³-hybridized carbons (Fsp3) is 1.00. The topological polar surface area (TPSA) is 18.5 Å². The van der Waals surface area contributed by atoms with Gasteiger partial charge >= 0.3 is 7.69 Å². The van der Waals surface area contributed by atoms with Crippen molar-refractivity contribution in [3.05, 3.63) is 0 Å². The van der Waals surface area contributed by atoms with Crippen molar-refractivity contribution in [2.75, 3.05) is 0 Å². The number of rotatable bonds is 4. The Balaban J connectivity index is 1.53. The summed E-state index contributed by atoms with van der Waals surface area (Å²) in [6.07, 6.45) is 13.8. The minimum absolute atomic E-state index is 0.433. The molecule has 0 aromatic carbocycles. The molecule has 2 saturated carbocycles. The van der Waals surface area contributed by atoms with E-state index in [2.05, 4.69) is 0 Å². The zero-order chi connectivity index (χ0) is 10.3. The lowest BCUT2D eigenvalue weighted by Crippen LogP contribution is -2.25. The van der Waals surface area contributed by atoms with Gasteiger partial charge in [0, 0.05) is 12.2 Å². The first-order chi connectivity index (χ1) is 7.45. The molecule has 2 aliphatic rings. The molecule has 0 unspecified atom stereocenters. The zero-order valence-corrected chi connectivity index (χ0v) is 9.62. The first-order valence-electron chi connectivity index (χ1n) is 6.58. The number of hydrogen-bond acceptors (Lipinski definition) is 2. The molecule has 0 aromatic heterocycles. The van der Waals surface area contributed by atoms with Gasteiger partial charge in [0.2, 0.25) is 0 Å². The van der Waals surface area contributed by atoms with Crippen molar-refractivity contribution >= 4 is 7.69 Å². The highest BCUT2D eigenvalue weighted by atomic mass is 16.6. The maximum atomic E-state index is 5.64. The molecular formula is C12H22BO2.